The Balaban J connectivity index is 1.92. The number of para-hydroxylation sites is 1. The van der Waals surface area contributed by atoms with E-state index in [1.54, 1.807) is 61.5 Å². The van der Waals surface area contributed by atoms with Crippen LogP contribution in [0.3, 0.4) is 0 Å². The minimum atomic E-state index is -1.22. The highest BCUT2D eigenvalue weighted by Crippen LogP contribution is 2.29. The molecule has 3 rings (SSSR count). The third kappa shape index (κ3) is 4.60. The number of amides is 1. The number of benzene rings is 3. The summed E-state index contributed by atoms with van der Waals surface area (Å²) in [7, 11) is 1.51. The van der Waals surface area contributed by atoms with E-state index in [0.29, 0.717) is 22.6 Å². The summed E-state index contributed by atoms with van der Waals surface area (Å²) >= 11 is 0. The average molecular weight is 405 g/mol. The third-order valence-electron chi connectivity index (χ3n) is 4.64. The monoisotopic (exact) mass is 405 g/mol. The van der Waals surface area contributed by atoms with Crippen molar-refractivity contribution in [1.29, 1.82) is 0 Å². The first kappa shape index (κ1) is 20.9. The molecule has 0 spiro atoms. The lowest BCUT2D eigenvalue weighted by Crippen LogP contribution is -2.26. The van der Waals surface area contributed by atoms with Gasteiger partial charge in [-0.3, -0.25) is 4.79 Å². The maximum atomic E-state index is 13.1. The van der Waals surface area contributed by atoms with Crippen LogP contribution in [-0.2, 0) is 9.53 Å². The molecule has 3 aromatic carbocycles. The minimum Gasteiger partial charge on any atom is -0.507 e. The number of hydrogen-bond donors (Lipinski definition) is 2. The number of hydrogen-bond acceptors (Lipinski definition) is 5. The summed E-state index contributed by atoms with van der Waals surface area (Å²) in [5.41, 5.74) is 2.44. The Morgan fingerprint density at radius 2 is 1.70 bits per heavy atom. The molecule has 2 N–H and O–H groups in total. The fourth-order valence-corrected chi connectivity index (χ4v) is 3.01. The van der Waals surface area contributed by atoms with Gasteiger partial charge in [-0.2, -0.15) is 0 Å². The molecule has 0 aromatic heterocycles. The van der Waals surface area contributed by atoms with E-state index in [4.69, 9.17) is 9.47 Å². The summed E-state index contributed by atoms with van der Waals surface area (Å²) in [4.78, 5) is 25.9. The molecule has 0 heterocycles. The molecular weight excluding hydrogens is 382 g/mol. The molecule has 30 heavy (non-hydrogen) atoms. The number of rotatable bonds is 6. The van der Waals surface area contributed by atoms with Gasteiger partial charge in [-0.15, -0.1) is 0 Å². The summed E-state index contributed by atoms with van der Waals surface area (Å²) in [5.74, 6) is -1.01. The summed E-state index contributed by atoms with van der Waals surface area (Å²) in [6, 6.07) is 18.8. The third-order valence-corrected chi connectivity index (χ3v) is 4.64. The van der Waals surface area contributed by atoms with Gasteiger partial charge in [0.1, 0.15) is 17.1 Å². The van der Waals surface area contributed by atoms with Gasteiger partial charge in [-0.05, 0) is 43.2 Å². The van der Waals surface area contributed by atoms with Crippen LogP contribution in [0.4, 0.5) is 5.69 Å². The summed E-state index contributed by atoms with van der Waals surface area (Å²) < 4.78 is 10.9. The number of nitrogens with one attached hydrogen (secondary N) is 1. The highest BCUT2D eigenvalue weighted by atomic mass is 16.5. The predicted octanol–water partition coefficient (Wildman–Crippen LogP) is 4.55. The molecule has 0 fully saturated rings. The number of anilines is 1. The molecule has 154 valence electrons. The molecule has 6 nitrogen and oxygen atoms in total. The summed E-state index contributed by atoms with van der Waals surface area (Å²) in [6.45, 7) is 3.57. The van der Waals surface area contributed by atoms with Crippen molar-refractivity contribution in [3.63, 3.8) is 0 Å². The topological polar surface area (TPSA) is 84.9 Å². The Morgan fingerprint density at radius 3 is 2.40 bits per heavy atom. The van der Waals surface area contributed by atoms with Gasteiger partial charge in [0.2, 0.25) is 6.10 Å². The number of esters is 1. The molecular formula is C24H23NO5. The van der Waals surface area contributed by atoms with Crippen LogP contribution in [0, 0.1) is 13.8 Å². The first-order chi connectivity index (χ1) is 14.4. The van der Waals surface area contributed by atoms with Crippen molar-refractivity contribution in [1.82, 2.24) is 0 Å². The van der Waals surface area contributed by atoms with E-state index in [1.165, 1.54) is 13.2 Å². The normalized spacial score (nSPS) is 11.4. The van der Waals surface area contributed by atoms with E-state index in [2.05, 4.69) is 5.32 Å². The van der Waals surface area contributed by atoms with Crippen LogP contribution in [0.1, 0.15) is 33.2 Å². The van der Waals surface area contributed by atoms with Gasteiger partial charge in [-0.25, -0.2) is 4.79 Å². The number of carbonyl (C=O) groups is 2. The molecule has 1 unspecified atom stereocenters. The number of aryl methyl sites for hydroxylation is 2. The van der Waals surface area contributed by atoms with Crippen molar-refractivity contribution < 1.29 is 24.2 Å². The average Bonchev–Trinajstić information content (AvgIpc) is 2.74. The van der Waals surface area contributed by atoms with Crippen LogP contribution in [0.15, 0.2) is 66.7 Å². The van der Waals surface area contributed by atoms with Crippen molar-refractivity contribution in [2.75, 3.05) is 12.4 Å². The summed E-state index contributed by atoms with van der Waals surface area (Å²) in [5, 5.41) is 13.0. The van der Waals surface area contributed by atoms with Crippen LogP contribution >= 0.6 is 0 Å². The zero-order valence-electron chi connectivity index (χ0n) is 17.0. The maximum absolute atomic E-state index is 13.1. The van der Waals surface area contributed by atoms with Gasteiger partial charge in [0.05, 0.1) is 12.8 Å². The highest BCUT2D eigenvalue weighted by molar-refractivity contribution is 5.99. The van der Waals surface area contributed by atoms with Crippen LogP contribution in [-0.4, -0.2) is 24.1 Å². The number of ether oxygens (including phenoxy) is 2. The first-order valence-corrected chi connectivity index (χ1v) is 9.40. The second kappa shape index (κ2) is 9.13. The second-order valence-electron chi connectivity index (χ2n) is 6.86. The number of aromatic hydroxyl groups is 1. The molecule has 1 amide bonds. The largest absolute Gasteiger partial charge is 0.507 e. The fourth-order valence-electron chi connectivity index (χ4n) is 3.01. The molecule has 3 aromatic rings. The van der Waals surface area contributed by atoms with Crippen LogP contribution in [0.5, 0.6) is 11.5 Å². The van der Waals surface area contributed by atoms with Gasteiger partial charge >= 0.3 is 5.97 Å². The van der Waals surface area contributed by atoms with E-state index in [1.807, 2.05) is 13.0 Å². The first-order valence-electron chi connectivity index (χ1n) is 9.40. The SMILES string of the molecule is COc1ccc(C)cc1NC(=O)C(OC(=O)c1cccc(C)c1O)c1ccccc1. The Hall–Kier alpha value is -3.80. The Kier molecular flexibility index (Phi) is 6.37. The molecule has 0 aliphatic rings. The van der Waals surface area contributed by atoms with Crippen molar-refractivity contribution >= 4 is 17.6 Å². The van der Waals surface area contributed by atoms with E-state index in [-0.39, 0.29) is 11.3 Å². The van der Waals surface area contributed by atoms with Gasteiger partial charge in [0, 0.05) is 5.56 Å². The second-order valence-corrected chi connectivity index (χ2v) is 6.86. The van der Waals surface area contributed by atoms with E-state index < -0.39 is 18.0 Å². The van der Waals surface area contributed by atoms with Crippen molar-refractivity contribution in [3.05, 3.63) is 89.0 Å². The quantitative estimate of drug-likeness (QED) is 0.588. The zero-order chi connectivity index (χ0) is 21.7. The predicted molar refractivity (Wildman–Crippen MR) is 114 cm³/mol. The highest BCUT2D eigenvalue weighted by Gasteiger charge is 2.27. The van der Waals surface area contributed by atoms with Crippen LogP contribution in [0.25, 0.3) is 0 Å². The lowest BCUT2D eigenvalue weighted by Gasteiger charge is -2.19. The Labute approximate surface area is 175 Å². The fraction of sp³-hybridized carbons (Fsp3) is 0.167. The van der Waals surface area contributed by atoms with Gasteiger partial charge in [0.25, 0.3) is 5.91 Å². The van der Waals surface area contributed by atoms with Gasteiger partial charge in [0.15, 0.2) is 0 Å². The molecule has 0 aliphatic heterocycles. The lowest BCUT2D eigenvalue weighted by molar-refractivity contribution is -0.125. The number of phenolic OH excluding ortho intramolecular Hbond substituents is 1. The zero-order valence-corrected chi connectivity index (χ0v) is 17.0. The van der Waals surface area contributed by atoms with E-state index in [9.17, 15) is 14.7 Å². The molecule has 1 atom stereocenters. The Bertz CT molecular complexity index is 1060. The van der Waals surface area contributed by atoms with Crippen molar-refractivity contribution in [2.45, 2.75) is 20.0 Å². The Morgan fingerprint density at radius 1 is 0.967 bits per heavy atom. The molecule has 6 heteroatoms. The molecule has 0 radical (unpaired) electrons. The molecule has 0 bridgehead atoms. The lowest BCUT2D eigenvalue weighted by atomic mass is 10.1. The van der Waals surface area contributed by atoms with Crippen LogP contribution < -0.4 is 10.1 Å². The molecule has 0 saturated heterocycles. The smallest absolute Gasteiger partial charge is 0.343 e. The number of phenols is 1. The van der Waals surface area contributed by atoms with Crippen molar-refractivity contribution in [2.24, 2.45) is 0 Å². The van der Waals surface area contributed by atoms with E-state index >= 15 is 0 Å². The van der Waals surface area contributed by atoms with Crippen LogP contribution in [0.2, 0.25) is 0 Å². The molecule has 0 saturated carbocycles. The molecule has 0 aliphatic carbocycles. The van der Waals surface area contributed by atoms with Gasteiger partial charge < -0.3 is 19.9 Å². The van der Waals surface area contributed by atoms with Crippen molar-refractivity contribution in [3.8, 4) is 11.5 Å². The van der Waals surface area contributed by atoms with E-state index in [0.717, 1.165) is 5.56 Å². The van der Waals surface area contributed by atoms with Gasteiger partial charge in [-0.1, -0.05) is 48.5 Å². The number of carbonyl (C=O) groups excluding carboxylic acids is 2. The maximum Gasteiger partial charge on any atom is 0.343 e. The summed E-state index contributed by atoms with van der Waals surface area (Å²) in [6.07, 6.45) is -1.22. The minimum absolute atomic E-state index is 0.00290. The number of methoxy groups -OCH3 is 1. The standard InChI is InChI=1S/C24H23NO5/c1-15-12-13-20(29-3)19(14-15)25-23(27)22(17-9-5-4-6-10-17)30-24(28)18-11-7-8-16(2)21(18)26/h4-14,22,26H,1-3H3,(H,25,27).